The third-order valence-corrected chi connectivity index (χ3v) is 5.33. The molecule has 0 heterocycles. The Kier molecular flexibility index (Phi) is 7.72. The van der Waals surface area contributed by atoms with E-state index < -0.39 is 6.04 Å². The topological polar surface area (TPSA) is 58.6 Å². The Bertz CT molecular complexity index is 871. The van der Waals surface area contributed by atoms with Crippen LogP contribution < -0.4 is 10.1 Å². The first-order chi connectivity index (χ1) is 13.2. The standard InChI is InChI=1S/C21H24Cl2N2O3/c1-13-5-7-17(9-14(13)2)28-12-20(26)25(15(3)21(27)24-4)11-16-6-8-18(22)19(23)10-16/h5-10,15H,11-12H2,1-4H3,(H,24,27)/t15-/m1/s1. The van der Waals surface area contributed by atoms with Crippen LogP contribution in [0.15, 0.2) is 36.4 Å². The maximum atomic E-state index is 12.8. The van der Waals surface area contributed by atoms with Gasteiger partial charge >= 0.3 is 0 Å². The van der Waals surface area contributed by atoms with Gasteiger partial charge in [-0.2, -0.15) is 0 Å². The van der Waals surface area contributed by atoms with Crippen LogP contribution in [0.25, 0.3) is 0 Å². The molecule has 0 aliphatic heterocycles. The smallest absolute Gasteiger partial charge is 0.261 e. The van der Waals surface area contributed by atoms with Gasteiger partial charge in [-0.25, -0.2) is 0 Å². The van der Waals surface area contributed by atoms with Crippen molar-refractivity contribution in [1.29, 1.82) is 0 Å². The van der Waals surface area contributed by atoms with Crippen molar-refractivity contribution in [3.8, 4) is 5.75 Å². The summed E-state index contributed by atoms with van der Waals surface area (Å²) in [6.45, 7) is 5.69. The summed E-state index contributed by atoms with van der Waals surface area (Å²) in [6, 6.07) is 10.1. The Balaban J connectivity index is 2.16. The fourth-order valence-corrected chi connectivity index (χ4v) is 2.98. The highest BCUT2D eigenvalue weighted by Gasteiger charge is 2.26. The van der Waals surface area contributed by atoms with Crippen LogP contribution in [0.2, 0.25) is 10.0 Å². The number of benzene rings is 2. The molecule has 0 spiro atoms. The molecule has 2 amide bonds. The van der Waals surface area contributed by atoms with Crippen molar-refractivity contribution in [2.24, 2.45) is 0 Å². The van der Waals surface area contributed by atoms with Crippen molar-refractivity contribution >= 4 is 35.0 Å². The Morgan fingerprint density at radius 3 is 2.39 bits per heavy atom. The lowest BCUT2D eigenvalue weighted by Gasteiger charge is -2.28. The average Bonchev–Trinajstić information content (AvgIpc) is 2.68. The Morgan fingerprint density at radius 2 is 1.79 bits per heavy atom. The number of ether oxygens (including phenoxy) is 1. The molecule has 2 aromatic carbocycles. The van der Waals surface area contributed by atoms with E-state index in [2.05, 4.69) is 5.32 Å². The van der Waals surface area contributed by atoms with Crippen LogP contribution in [-0.4, -0.2) is 36.4 Å². The van der Waals surface area contributed by atoms with Gasteiger partial charge in [-0.15, -0.1) is 0 Å². The summed E-state index contributed by atoms with van der Waals surface area (Å²) < 4.78 is 5.66. The van der Waals surface area contributed by atoms with Gasteiger partial charge in [0.2, 0.25) is 5.91 Å². The number of nitrogens with zero attached hydrogens (tertiary/aromatic N) is 1. The van der Waals surface area contributed by atoms with Crippen LogP contribution in [0.5, 0.6) is 5.75 Å². The molecule has 150 valence electrons. The molecule has 0 aliphatic carbocycles. The molecule has 2 rings (SSSR count). The molecule has 7 heteroatoms. The molecule has 5 nitrogen and oxygen atoms in total. The van der Waals surface area contributed by atoms with Gasteiger partial charge < -0.3 is 15.0 Å². The summed E-state index contributed by atoms with van der Waals surface area (Å²) in [7, 11) is 1.53. The van der Waals surface area contributed by atoms with Gasteiger partial charge in [-0.3, -0.25) is 9.59 Å². The van der Waals surface area contributed by atoms with Crippen LogP contribution in [0.4, 0.5) is 0 Å². The molecular weight excluding hydrogens is 399 g/mol. The fraction of sp³-hybridized carbons (Fsp3) is 0.333. The van der Waals surface area contributed by atoms with Crippen molar-refractivity contribution in [2.45, 2.75) is 33.4 Å². The first kappa shape index (κ1) is 22.1. The second kappa shape index (κ2) is 9.80. The second-order valence-electron chi connectivity index (χ2n) is 6.60. The first-order valence-electron chi connectivity index (χ1n) is 8.88. The Labute approximate surface area is 175 Å². The molecular formula is C21H24Cl2N2O3. The highest BCUT2D eigenvalue weighted by atomic mass is 35.5. The van der Waals surface area contributed by atoms with Crippen molar-refractivity contribution in [2.75, 3.05) is 13.7 Å². The lowest BCUT2D eigenvalue weighted by atomic mass is 10.1. The zero-order valence-corrected chi connectivity index (χ0v) is 17.9. The number of aryl methyl sites for hydroxylation is 2. The molecule has 0 unspecified atom stereocenters. The molecule has 0 aliphatic rings. The predicted octanol–water partition coefficient (Wildman–Crippen LogP) is 4.15. The predicted molar refractivity (Wildman–Crippen MR) is 112 cm³/mol. The van der Waals surface area contributed by atoms with E-state index in [1.54, 1.807) is 25.1 Å². The quantitative estimate of drug-likeness (QED) is 0.728. The third-order valence-electron chi connectivity index (χ3n) is 4.59. The number of rotatable bonds is 7. The van der Waals surface area contributed by atoms with E-state index in [0.717, 1.165) is 16.7 Å². The van der Waals surface area contributed by atoms with Crippen LogP contribution in [-0.2, 0) is 16.1 Å². The minimum atomic E-state index is -0.671. The van der Waals surface area contributed by atoms with Crippen molar-refractivity contribution in [3.63, 3.8) is 0 Å². The van der Waals surface area contributed by atoms with Gasteiger partial charge in [-0.1, -0.05) is 35.3 Å². The molecule has 1 atom stereocenters. The van der Waals surface area contributed by atoms with Crippen LogP contribution in [0.1, 0.15) is 23.6 Å². The molecule has 0 saturated carbocycles. The summed E-state index contributed by atoms with van der Waals surface area (Å²) in [6.07, 6.45) is 0. The van der Waals surface area contributed by atoms with E-state index in [1.807, 2.05) is 32.0 Å². The third kappa shape index (κ3) is 5.63. The molecule has 0 bridgehead atoms. The number of halogens is 2. The summed E-state index contributed by atoms with van der Waals surface area (Å²) in [4.78, 5) is 26.4. The molecule has 28 heavy (non-hydrogen) atoms. The van der Waals surface area contributed by atoms with E-state index >= 15 is 0 Å². The van der Waals surface area contributed by atoms with Crippen molar-refractivity contribution in [1.82, 2.24) is 10.2 Å². The first-order valence-corrected chi connectivity index (χ1v) is 9.63. The van der Waals surface area contributed by atoms with E-state index in [9.17, 15) is 9.59 Å². The number of likely N-dealkylation sites (N-methyl/N-ethyl adjacent to an activating group) is 1. The van der Waals surface area contributed by atoms with Crippen LogP contribution in [0, 0.1) is 13.8 Å². The van der Waals surface area contributed by atoms with E-state index in [1.165, 1.54) is 11.9 Å². The van der Waals surface area contributed by atoms with Gasteiger partial charge in [-0.05, 0) is 61.7 Å². The monoisotopic (exact) mass is 422 g/mol. The molecule has 2 aromatic rings. The lowest BCUT2D eigenvalue weighted by Crippen LogP contribution is -2.48. The number of nitrogens with one attached hydrogen (secondary N) is 1. The van der Waals surface area contributed by atoms with Crippen LogP contribution >= 0.6 is 23.2 Å². The zero-order chi connectivity index (χ0) is 20.8. The number of hydrogen-bond donors (Lipinski definition) is 1. The summed E-state index contributed by atoms with van der Waals surface area (Å²) in [5.41, 5.74) is 2.99. The SMILES string of the molecule is CNC(=O)[C@@H](C)N(Cc1ccc(Cl)c(Cl)c1)C(=O)COc1ccc(C)c(C)c1. The van der Waals surface area contributed by atoms with Gasteiger partial charge in [0.25, 0.3) is 5.91 Å². The second-order valence-corrected chi connectivity index (χ2v) is 7.41. The average molecular weight is 423 g/mol. The largest absolute Gasteiger partial charge is 0.484 e. The highest BCUT2D eigenvalue weighted by Crippen LogP contribution is 2.24. The van der Waals surface area contributed by atoms with Gasteiger partial charge in [0.05, 0.1) is 10.0 Å². The van der Waals surface area contributed by atoms with E-state index in [-0.39, 0.29) is 25.0 Å². The normalized spacial score (nSPS) is 11.6. The summed E-state index contributed by atoms with van der Waals surface area (Å²) in [5, 5.41) is 3.40. The molecule has 1 N–H and O–H groups in total. The van der Waals surface area contributed by atoms with E-state index in [4.69, 9.17) is 27.9 Å². The van der Waals surface area contributed by atoms with Crippen molar-refractivity contribution < 1.29 is 14.3 Å². The fourth-order valence-electron chi connectivity index (χ4n) is 2.66. The Hall–Kier alpha value is -2.24. The number of carbonyl (C=O) groups is 2. The van der Waals surface area contributed by atoms with Gasteiger partial charge in [0, 0.05) is 13.6 Å². The number of hydrogen-bond acceptors (Lipinski definition) is 3. The maximum Gasteiger partial charge on any atom is 0.261 e. The molecule has 0 radical (unpaired) electrons. The minimum absolute atomic E-state index is 0.175. The molecule has 0 saturated heterocycles. The maximum absolute atomic E-state index is 12.8. The number of carbonyl (C=O) groups excluding carboxylic acids is 2. The molecule has 0 fully saturated rings. The minimum Gasteiger partial charge on any atom is -0.484 e. The zero-order valence-electron chi connectivity index (χ0n) is 16.4. The Morgan fingerprint density at radius 1 is 1.07 bits per heavy atom. The highest BCUT2D eigenvalue weighted by molar-refractivity contribution is 6.42. The van der Waals surface area contributed by atoms with Gasteiger partial charge in [0.1, 0.15) is 11.8 Å². The van der Waals surface area contributed by atoms with E-state index in [0.29, 0.717) is 15.8 Å². The summed E-state index contributed by atoms with van der Waals surface area (Å²) in [5.74, 6) is 0.0403. The van der Waals surface area contributed by atoms with Gasteiger partial charge in [0.15, 0.2) is 6.61 Å². The molecule has 0 aromatic heterocycles. The summed E-state index contributed by atoms with van der Waals surface area (Å²) >= 11 is 12.0. The van der Waals surface area contributed by atoms with Crippen LogP contribution in [0.3, 0.4) is 0 Å². The van der Waals surface area contributed by atoms with Crippen molar-refractivity contribution in [3.05, 3.63) is 63.1 Å². The number of amides is 2. The lowest BCUT2D eigenvalue weighted by molar-refractivity contribution is -0.142.